The lowest BCUT2D eigenvalue weighted by atomic mass is 10.0. The molecule has 2 heteroatoms. The number of benzene rings is 1. The number of rotatable bonds is 7. The van der Waals surface area contributed by atoms with E-state index in [2.05, 4.69) is 43.4 Å². The molecule has 1 aromatic carbocycles. The van der Waals surface area contributed by atoms with Crippen molar-refractivity contribution in [3.05, 3.63) is 35.4 Å². The van der Waals surface area contributed by atoms with E-state index in [-0.39, 0.29) is 0 Å². The van der Waals surface area contributed by atoms with Crippen molar-refractivity contribution in [1.82, 2.24) is 5.32 Å². The zero-order valence-corrected chi connectivity index (χ0v) is 11.1. The monoisotopic (exact) mass is 239 g/mol. The van der Waals surface area contributed by atoms with Crippen LogP contribution in [-0.2, 0) is 12.4 Å². The molecule has 0 unspecified atom stereocenters. The SMILES string of the molecule is CCC(CC)CNCc1ccc(CCl)cc1. The largest absolute Gasteiger partial charge is 0.312 e. The fourth-order valence-corrected chi connectivity index (χ4v) is 1.92. The Morgan fingerprint density at radius 2 is 1.62 bits per heavy atom. The molecule has 0 spiro atoms. The molecule has 0 aromatic heterocycles. The first kappa shape index (κ1) is 13.5. The zero-order chi connectivity index (χ0) is 11.8. The van der Waals surface area contributed by atoms with Crippen molar-refractivity contribution in [2.24, 2.45) is 5.92 Å². The summed E-state index contributed by atoms with van der Waals surface area (Å²) in [4.78, 5) is 0. The van der Waals surface area contributed by atoms with Gasteiger partial charge in [0.2, 0.25) is 0 Å². The standard InChI is InChI=1S/C14H22ClN/c1-3-12(4-2)10-16-11-14-7-5-13(9-15)6-8-14/h5-8,12,16H,3-4,9-11H2,1-2H3. The van der Waals surface area contributed by atoms with Crippen molar-refractivity contribution in [2.75, 3.05) is 6.54 Å². The highest BCUT2D eigenvalue weighted by atomic mass is 35.5. The quantitative estimate of drug-likeness (QED) is 0.711. The summed E-state index contributed by atoms with van der Waals surface area (Å²) in [5, 5.41) is 3.51. The lowest BCUT2D eigenvalue weighted by Gasteiger charge is -2.13. The fourth-order valence-electron chi connectivity index (χ4n) is 1.74. The summed E-state index contributed by atoms with van der Waals surface area (Å²) >= 11 is 5.75. The number of halogens is 1. The number of hydrogen-bond donors (Lipinski definition) is 1. The summed E-state index contributed by atoms with van der Waals surface area (Å²) in [6.07, 6.45) is 2.52. The second-order valence-corrected chi connectivity index (χ2v) is 4.53. The second-order valence-electron chi connectivity index (χ2n) is 4.26. The fraction of sp³-hybridized carbons (Fsp3) is 0.571. The summed E-state index contributed by atoms with van der Waals surface area (Å²) in [6.45, 7) is 6.58. The maximum atomic E-state index is 5.75. The molecule has 0 saturated carbocycles. The van der Waals surface area contributed by atoms with Crippen molar-refractivity contribution < 1.29 is 0 Å². The smallest absolute Gasteiger partial charge is 0.0474 e. The summed E-state index contributed by atoms with van der Waals surface area (Å²) in [5.41, 5.74) is 2.52. The van der Waals surface area contributed by atoms with Gasteiger partial charge in [-0.1, -0.05) is 51.0 Å². The summed E-state index contributed by atoms with van der Waals surface area (Å²) in [6, 6.07) is 8.50. The van der Waals surface area contributed by atoms with Crippen LogP contribution in [0.2, 0.25) is 0 Å². The molecule has 0 saturated heterocycles. The van der Waals surface area contributed by atoms with Crippen molar-refractivity contribution in [3.63, 3.8) is 0 Å². The Balaban J connectivity index is 2.31. The molecule has 0 aliphatic heterocycles. The maximum Gasteiger partial charge on any atom is 0.0474 e. The predicted octanol–water partition coefficient (Wildman–Crippen LogP) is 3.95. The van der Waals surface area contributed by atoms with Crippen LogP contribution in [0, 0.1) is 5.92 Å². The highest BCUT2D eigenvalue weighted by Crippen LogP contribution is 2.08. The Kier molecular flexibility index (Phi) is 6.51. The highest BCUT2D eigenvalue weighted by molar-refractivity contribution is 6.17. The average Bonchev–Trinajstić information content (AvgIpc) is 2.35. The minimum absolute atomic E-state index is 0.599. The van der Waals surface area contributed by atoms with Crippen molar-refractivity contribution in [3.8, 4) is 0 Å². The highest BCUT2D eigenvalue weighted by Gasteiger charge is 2.02. The molecule has 0 bridgehead atoms. The third-order valence-corrected chi connectivity index (χ3v) is 3.40. The van der Waals surface area contributed by atoms with Crippen molar-refractivity contribution in [2.45, 2.75) is 39.1 Å². The van der Waals surface area contributed by atoms with Crippen LogP contribution >= 0.6 is 11.6 Å². The third-order valence-electron chi connectivity index (χ3n) is 3.09. The van der Waals surface area contributed by atoms with Crippen molar-refractivity contribution in [1.29, 1.82) is 0 Å². The van der Waals surface area contributed by atoms with Crippen LogP contribution < -0.4 is 5.32 Å². The van der Waals surface area contributed by atoms with E-state index in [1.165, 1.54) is 24.0 Å². The van der Waals surface area contributed by atoms with E-state index in [4.69, 9.17) is 11.6 Å². The second kappa shape index (κ2) is 7.70. The van der Waals surface area contributed by atoms with Gasteiger partial charge in [-0.05, 0) is 23.6 Å². The molecule has 1 rings (SSSR count). The van der Waals surface area contributed by atoms with E-state index >= 15 is 0 Å². The first-order valence-electron chi connectivity index (χ1n) is 6.14. The van der Waals surface area contributed by atoms with E-state index in [1.807, 2.05) is 0 Å². The van der Waals surface area contributed by atoms with E-state index in [0.717, 1.165) is 19.0 Å². The van der Waals surface area contributed by atoms with Gasteiger partial charge in [-0.15, -0.1) is 11.6 Å². The summed E-state index contributed by atoms with van der Waals surface area (Å²) in [7, 11) is 0. The molecule has 0 aliphatic rings. The zero-order valence-electron chi connectivity index (χ0n) is 10.3. The number of hydrogen-bond acceptors (Lipinski definition) is 1. The van der Waals surface area contributed by atoms with Crippen LogP contribution in [0.3, 0.4) is 0 Å². The molecule has 90 valence electrons. The Bertz CT molecular complexity index is 277. The van der Waals surface area contributed by atoms with Gasteiger partial charge in [0.1, 0.15) is 0 Å². The first-order chi connectivity index (χ1) is 7.80. The van der Waals surface area contributed by atoms with Crippen LogP contribution in [0.25, 0.3) is 0 Å². The van der Waals surface area contributed by atoms with E-state index < -0.39 is 0 Å². The van der Waals surface area contributed by atoms with Crippen LogP contribution in [0.1, 0.15) is 37.8 Å². The van der Waals surface area contributed by atoms with Gasteiger partial charge >= 0.3 is 0 Å². The van der Waals surface area contributed by atoms with Gasteiger partial charge < -0.3 is 5.32 Å². The number of alkyl halides is 1. The molecule has 0 fully saturated rings. The molecular weight excluding hydrogens is 218 g/mol. The van der Waals surface area contributed by atoms with Gasteiger partial charge in [-0.3, -0.25) is 0 Å². The first-order valence-corrected chi connectivity index (χ1v) is 6.68. The van der Waals surface area contributed by atoms with Gasteiger partial charge in [0, 0.05) is 12.4 Å². The minimum atomic E-state index is 0.599. The Hall–Kier alpha value is -0.530. The minimum Gasteiger partial charge on any atom is -0.312 e. The number of nitrogens with one attached hydrogen (secondary N) is 1. The molecule has 0 aliphatic carbocycles. The molecule has 0 radical (unpaired) electrons. The van der Waals surface area contributed by atoms with Gasteiger partial charge in [0.25, 0.3) is 0 Å². The van der Waals surface area contributed by atoms with Crippen molar-refractivity contribution >= 4 is 11.6 Å². The Labute approximate surface area is 104 Å². The molecule has 1 N–H and O–H groups in total. The summed E-state index contributed by atoms with van der Waals surface area (Å²) in [5.74, 6) is 1.41. The van der Waals surface area contributed by atoms with Gasteiger partial charge in [0.15, 0.2) is 0 Å². The van der Waals surface area contributed by atoms with E-state index in [1.54, 1.807) is 0 Å². The lowest BCUT2D eigenvalue weighted by Crippen LogP contribution is -2.21. The molecule has 0 atom stereocenters. The predicted molar refractivity (Wildman–Crippen MR) is 71.8 cm³/mol. The summed E-state index contributed by atoms with van der Waals surface area (Å²) < 4.78 is 0. The Morgan fingerprint density at radius 3 is 2.12 bits per heavy atom. The topological polar surface area (TPSA) is 12.0 Å². The third kappa shape index (κ3) is 4.54. The van der Waals surface area contributed by atoms with Crippen LogP contribution in [0.4, 0.5) is 0 Å². The van der Waals surface area contributed by atoms with Crippen LogP contribution in [0.5, 0.6) is 0 Å². The molecule has 0 amide bonds. The molecule has 0 heterocycles. The lowest BCUT2D eigenvalue weighted by molar-refractivity contribution is 0.449. The molecule has 1 nitrogen and oxygen atoms in total. The van der Waals surface area contributed by atoms with Gasteiger partial charge in [-0.25, -0.2) is 0 Å². The normalized spacial score (nSPS) is 11.0. The van der Waals surface area contributed by atoms with Gasteiger partial charge in [0.05, 0.1) is 0 Å². The molecular formula is C14H22ClN. The van der Waals surface area contributed by atoms with Crippen LogP contribution in [0.15, 0.2) is 24.3 Å². The van der Waals surface area contributed by atoms with Gasteiger partial charge in [-0.2, -0.15) is 0 Å². The van der Waals surface area contributed by atoms with E-state index in [0.29, 0.717) is 5.88 Å². The average molecular weight is 240 g/mol. The molecule has 1 aromatic rings. The maximum absolute atomic E-state index is 5.75. The Morgan fingerprint density at radius 1 is 1.06 bits per heavy atom. The van der Waals surface area contributed by atoms with Crippen LogP contribution in [-0.4, -0.2) is 6.54 Å². The van der Waals surface area contributed by atoms with E-state index in [9.17, 15) is 0 Å². The molecule has 16 heavy (non-hydrogen) atoms.